The standard InChI is InChI=1S/C33H27BrF3N3O4S2/c1-32(2,3)18-10-8-17(9-11-18)24-25-26(29(43)40(28(25)42)20-14-12-19(34)13-15-20)45-30-27(24)46-31(44)39(30)16-23(41)38-22-7-5-4-6-21(22)33(35,36)37/h4-15,24-26H,16H2,1-3H3,(H,38,41)/t24-,25?,26?/m1/s1. The number of rotatable bonds is 5. The number of para-hydroxylation sites is 1. The highest BCUT2D eigenvalue weighted by molar-refractivity contribution is 9.10. The van der Waals surface area contributed by atoms with Crippen LogP contribution in [-0.2, 0) is 32.5 Å². The Kier molecular flexibility index (Phi) is 8.31. The number of benzene rings is 3. The van der Waals surface area contributed by atoms with Gasteiger partial charge in [0.2, 0.25) is 17.7 Å². The van der Waals surface area contributed by atoms with E-state index in [1.54, 1.807) is 24.3 Å². The van der Waals surface area contributed by atoms with Gasteiger partial charge in [-0.3, -0.25) is 23.7 Å². The lowest BCUT2D eigenvalue weighted by Crippen LogP contribution is -2.33. The summed E-state index contributed by atoms with van der Waals surface area (Å²) in [5, 5.41) is 1.74. The molecule has 13 heteroatoms. The van der Waals surface area contributed by atoms with Crippen molar-refractivity contribution >= 4 is 68.1 Å². The van der Waals surface area contributed by atoms with Crippen molar-refractivity contribution in [3.8, 4) is 0 Å². The third kappa shape index (κ3) is 5.84. The van der Waals surface area contributed by atoms with Crippen molar-refractivity contribution in [2.45, 2.75) is 55.1 Å². The Bertz CT molecular complexity index is 1910. The quantitative estimate of drug-likeness (QED) is 0.216. The maximum atomic E-state index is 14.1. The van der Waals surface area contributed by atoms with Crippen LogP contribution >= 0.6 is 39.0 Å². The zero-order valence-corrected chi connectivity index (χ0v) is 27.9. The first kappa shape index (κ1) is 32.3. The average molecular weight is 731 g/mol. The maximum absolute atomic E-state index is 14.1. The summed E-state index contributed by atoms with van der Waals surface area (Å²) >= 11 is 5.29. The molecule has 0 aliphatic carbocycles. The number of thiazole rings is 1. The fraction of sp³-hybridized carbons (Fsp3) is 0.273. The fourth-order valence-electron chi connectivity index (χ4n) is 5.82. The molecule has 3 amide bonds. The van der Waals surface area contributed by atoms with Gasteiger partial charge in [0.05, 0.1) is 27.9 Å². The van der Waals surface area contributed by atoms with Crippen molar-refractivity contribution in [1.82, 2.24) is 4.57 Å². The number of hydrogen-bond donors (Lipinski definition) is 1. The number of halogens is 4. The van der Waals surface area contributed by atoms with Crippen LogP contribution in [0.1, 0.15) is 48.3 Å². The summed E-state index contributed by atoms with van der Waals surface area (Å²) in [4.78, 5) is 55.7. The molecule has 2 unspecified atom stereocenters. The van der Waals surface area contributed by atoms with Crippen molar-refractivity contribution in [2.75, 3.05) is 10.2 Å². The van der Waals surface area contributed by atoms with E-state index in [1.807, 2.05) is 24.3 Å². The van der Waals surface area contributed by atoms with E-state index in [9.17, 15) is 32.3 Å². The van der Waals surface area contributed by atoms with Crippen LogP contribution in [0.3, 0.4) is 0 Å². The van der Waals surface area contributed by atoms with Gasteiger partial charge < -0.3 is 5.32 Å². The first-order valence-electron chi connectivity index (χ1n) is 14.2. The average Bonchev–Trinajstić information content (AvgIpc) is 3.43. The molecular weight excluding hydrogens is 703 g/mol. The van der Waals surface area contributed by atoms with Gasteiger partial charge in [0.1, 0.15) is 11.8 Å². The lowest BCUT2D eigenvalue weighted by Gasteiger charge is -2.31. The van der Waals surface area contributed by atoms with Crippen LogP contribution < -0.4 is 15.1 Å². The van der Waals surface area contributed by atoms with Gasteiger partial charge in [0, 0.05) is 15.3 Å². The summed E-state index contributed by atoms with van der Waals surface area (Å²) in [6, 6.07) is 19.1. The van der Waals surface area contributed by atoms with Gasteiger partial charge in [0.25, 0.3) is 0 Å². The van der Waals surface area contributed by atoms with Gasteiger partial charge in [-0.05, 0) is 52.9 Å². The molecule has 6 rings (SSSR count). The lowest BCUT2D eigenvalue weighted by molar-refractivity contribution is -0.137. The minimum atomic E-state index is -4.70. The highest BCUT2D eigenvalue weighted by atomic mass is 79.9. The second kappa shape index (κ2) is 11.8. The molecule has 1 N–H and O–H groups in total. The summed E-state index contributed by atoms with van der Waals surface area (Å²) in [5.74, 6) is -3.17. The molecule has 3 atom stereocenters. The molecule has 1 aromatic heterocycles. The van der Waals surface area contributed by atoms with Gasteiger partial charge in [-0.25, -0.2) is 4.90 Å². The fourth-order valence-corrected chi connectivity index (χ4v) is 8.86. The van der Waals surface area contributed by atoms with Crippen LogP contribution in [0.2, 0.25) is 0 Å². The Labute approximate surface area is 278 Å². The highest BCUT2D eigenvalue weighted by Crippen LogP contribution is 2.54. The van der Waals surface area contributed by atoms with Gasteiger partial charge in [0.15, 0.2) is 0 Å². The number of thioether (sulfide) groups is 1. The molecule has 1 fully saturated rings. The van der Waals surface area contributed by atoms with E-state index in [1.165, 1.54) is 21.6 Å². The largest absolute Gasteiger partial charge is 0.418 e. The molecule has 7 nitrogen and oxygen atoms in total. The summed E-state index contributed by atoms with van der Waals surface area (Å²) < 4.78 is 42.6. The SMILES string of the molecule is CC(C)(C)c1ccc([C@H]2c3sc(=O)n(CC(=O)Nc4ccccc4C(F)(F)F)c3SC3C(=O)N(c4ccc(Br)cc4)C(=O)C32)cc1. The van der Waals surface area contributed by atoms with Crippen LogP contribution in [0.4, 0.5) is 24.5 Å². The number of imide groups is 1. The minimum absolute atomic E-state index is 0.140. The Morgan fingerprint density at radius 2 is 1.57 bits per heavy atom. The van der Waals surface area contributed by atoms with E-state index in [0.29, 0.717) is 15.6 Å². The zero-order valence-electron chi connectivity index (χ0n) is 24.7. The number of fused-ring (bicyclic) bond motifs is 2. The molecule has 3 heterocycles. The lowest BCUT2D eigenvalue weighted by atomic mass is 9.81. The van der Waals surface area contributed by atoms with Crippen LogP contribution in [0, 0.1) is 5.92 Å². The Balaban J connectivity index is 1.41. The Hall–Kier alpha value is -3.68. The van der Waals surface area contributed by atoms with Gasteiger partial charge in [-0.1, -0.05) is 96.2 Å². The molecule has 238 valence electrons. The number of carbonyl (C=O) groups excluding carboxylic acids is 3. The van der Waals surface area contributed by atoms with Crippen molar-refractivity contribution in [3.63, 3.8) is 0 Å². The van der Waals surface area contributed by atoms with Crippen LogP contribution in [0.5, 0.6) is 0 Å². The molecule has 0 spiro atoms. The number of hydrogen-bond acceptors (Lipinski definition) is 6. The van der Waals surface area contributed by atoms with Crippen molar-refractivity contribution in [2.24, 2.45) is 5.92 Å². The zero-order chi connectivity index (χ0) is 33.1. The first-order chi connectivity index (χ1) is 21.6. The predicted octanol–water partition coefficient (Wildman–Crippen LogP) is 7.42. The third-order valence-electron chi connectivity index (χ3n) is 8.08. The number of carbonyl (C=O) groups is 3. The number of nitrogens with zero attached hydrogens (tertiary/aromatic N) is 2. The van der Waals surface area contributed by atoms with Crippen LogP contribution in [0.25, 0.3) is 0 Å². The third-order valence-corrected chi connectivity index (χ3v) is 11.2. The predicted molar refractivity (Wildman–Crippen MR) is 175 cm³/mol. The second-order valence-electron chi connectivity index (χ2n) is 12.1. The van der Waals surface area contributed by atoms with Crippen LogP contribution in [0.15, 0.2) is 87.1 Å². The summed E-state index contributed by atoms with van der Waals surface area (Å²) in [6.45, 7) is 5.65. The summed E-state index contributed by atoms with van der Waals surface area (Å²) in [5.41, 5.74) is 0.632. The van der Waals surface area contributed by atoms with Crippen molar-refractivity contribution in [1.29, 1.82) is 0 Å². The van der Waals surface area contributed by atoms with E-state index in [2.05, 4.69) is 42.0 Å². The molecule has 0 radical (unpaired) electrons. The van der Waals surface area contributed by atoms with Gasteiger partial charge in [-0.2, -0.15) is 13.2 Å². The van der Waals surface area contributed by atoms with E-state index < -0.39 is 63.7 Å². The number of nitrogens with one attached hydrogen (secondary N) is 1. The topological polar surface area (TPSA) is 88.5 Å². The van der Waals surface area contributed by atoms with Crippen molar-refractivity contribution < 1.29 is 27.6 Å². The number of anilines is 2. The van der Waals surface area contributed by atoms with Crippen molar-refractivity contribution in [3.05, 3.63) is 109 Å². The monoisotopic (exact) mass is 729 g/mol. The van der Waals surface area contributed by atoms with E-state index >= 15 is 0 Å². The molecule has 0 saturated carbocycles. The maximum Gasteiger partial charge on any atom is 0.418 e. The van der Waals surface area contributed by atoms with Gasteiger partial charge in [-0.15, -0.1) is 0 Å². The molecule has 1 saturated heterocycles. The summed E-state index contributed by atoms with van der Waals surface area (Å²) in [6.07, 6.45) is -4.70. The van der Waals surface area contributed by atoms with E-state index in [4.69, 9.17) is 0 Å². The molecule has 46 heavy (non-hydrogen) atoms. The molecule has 4 aromatic rings. The smallest absolute Gasteiger partial charge is 0.324 e. The molecule has 0 bridgehead atoms. The number of aromatic nitrogens is 1. The Morgan fingerprint density at radius 3 is 2.20 bits per heavy atom. The molecule has 3 aromatic carbocycles. The molecule has 2 aliphatic heterocycles. The molecule has 2 aliphatic rings. The molecular formula is C33H27BrF3N3O4S2. The number of alkyl halides is 3. The van der Waals surface area contributed by atoms with E-state index in [0.717, 1.165) is 50.8 Å². The van der Waals surface area contributed by atoms with E-state index in [-0.39, 0.29) is 5.41 Å². The minimum Gasteiger partial charge on any atom is -0.324 e. The second-order valence-corrected chi connectivity index (χ2v) is 15.2. The van der Waals surface area contributed by atoms with Crippen LogP contribution in [-0.4, -0.2) is 27.5 Å². The first-order valence-corrected chi connectivity index (χ1v) is 16.7. The highest BCUT2D eigenvalue weighted by Gasteiger charge is 2.56. The number of amides is 3. The Morgan fingerprint density at radius 1 is 0.913 bits per heavy atom. The summed E-state index contributed by atoms with van der Waals surface area (Å²) in [7, 11) is 0. The normalized spacial score (nSPS) is 19.6. The van der Waals surface area contributed by atoms with Gasteiger partial charge >= 0.3 is 11.0 Å².